The van der Waals surface area contributed by atoms with Gasteiger partial charge in [-0.3, -0.25) is 24.1 Å². The second kappa shape index (κ2) is 9.21. The molecule has 8 nitrogen and oxygen atoms in total. The number of ether oxygens (including phenoxy) is 1. The topological polar surface area (TPSA) is 96.0 Å². The van der Waals surface area contributed by atoms with Crippen LogP contribution in [0.25, 0.3) is 0 Å². The zero-order valence-electron chi connectivity index (χ0n) is 17.9. The lowest BCUT2D eigenvalue weighted by Crippen LogP contribution is -2.47. The number of imide groups is 1. The monoisotopic (exact) mass is 435 g/mol. The van der Waals surface area contributed by atoms with Crippen LogP contribution in [0.3, 0.4) is 0 Å². The number of carbonyl (C=O) groups is 4. The second-order valence-corrected chi connectivity index (χ2v) is 7.91. The predicted molar refractivity (Wildman–Crippen MR) is 116 cm³/mol. The van der Waals surface area contributed by atoms with Gasteiger partial charge < -0.3 is 15.0 Å². The summed E-state index contributed by atoms with van der Waals surface area (Å²) in [5.41, 5.74) is 1.34. The minimum atomic E-state index is -0.349. The van der Waals surface area contributed by atoms with Gasteiger partial charge in [0.15, 0.2) is 0 Å². The van der Waals surface area contributed by atoms with E-state index in [-0.39, 0.29) is 42.6 Å². The van der Waals surface area contributed by atoms with Crippen LogP contribution in [-0.2, 0) is 4.79 Å². The molecule has 4 rings (SSSR count). The van der Waals surface area contributed by atoms with E-state index in [0.29, 0.717) is 48.4 Å². The number of amides is 4. The Kier molecular flexibility index (Phi) is 6.20. The molecule has 1 fully saturated rings. The summed E-state index contributed by atoms with van der Waals surface area (Å²) in [6.07, 6.45) is 1.40. The summed E-state index contributed by atoms with van der Waals surface area (Å²) in [5, 5.41) is 3.02. The first kappa shape index (κ1) is 21.5. The molecular weight excluding hydrogens is 410 g/mol. The number of piperidine rings is 1. The predicted octanol–water partition coefficient (Wildman–Crippen LogP) is 2.10. The maximum absolute atomic E-state index is 12.6. The molecule has 2 aliphatic heterocycles. The highest BCUT2D eigenvalue weighted by molar-refractivity contribution is 6.21. The Hall–Kier alpha value is -3.68. The van der Waals surface area contributed by atoms with Gasteiger partial charge in [0, 0.05) is 37.7 Å². The van der Waals surface area contributed by atoms with E-state index in [4.69, 9.17) is 4.74 Å². The SMILES string of the molecule is COc1ccc(C(=O)NC2CCN(C(=O)CCN3C(=O)c4ccccc4C3=O)CC2)cc1. The first-order valence-electron chi connectivity index (χ1n) is 10.7. The number of carbonyl (C=O) groups excluding carboxylic acids is 4. The molecule has 0 atom stereocenters. The van der Waals surface area contributed by atoms with E-state index in [1.54, 1.807) is 60.5 Å². The molecule has 0 aliphatic carbocycles. The van der Waals surface area contributed by atoms with Crippen LogP contribution in [0.1, 0.15) is 50.3 Å². The Morgan fingerprint density at radius 3 is 2.12 bits per heavy atom. The standard InChI is InChI=1S/C24H25N3O5/c1-32-18-8-6-16(7-9-18)22(29)25-17-10-13-26(14-11-17)21(28)12-15-27-23(30)19-4-2-3-5-20(19)24(27)31/h2-9,17H,10-15H2,1H3,(H,25,29). The molecule has 166 valence electrons. The smallest absolute Gasteiger partial charge is 0.261 e. The number of benzene rings is 2. The lowest BCUT2D eigenvalue weighted by Gasteiger charge is -2.32. The maximum Gasteiger partial charge on any atom is 0.261 e. The molecule has 2 aromatic rings. The van der Waals surface area contributed by atoms with E-state index in [1.165, 1.54) is 0 Å². The molecule has 2 heterocycles. The summed E-state index contributed by atoms with van der Waals surface area (Å²) in [7, 11) is 1.57. The van der Waals surface area contributed by atoms with Crippen molar-refractivity contribution in [2.45, 2.75) is 25.3 Å². The quantitative estimate of drug-likeness (QED) is 0.701. The summed E-state index contributed by atoms with van der Waals surface area (Å²) in [4.78, 5) is 52.8. The average Bonchev–Trinajstić information content (AvgIpc) is 3.07. The minimum absolute atomic E-state index is 0.00936. The van der Waals surface area contributed by atoms with Crippen molar-refractivity contribution in [2.75, 3.05) is 26.7 Å². The molecule has 2 aromatic carbocycles. The van der Waals surface area contributed by atoms with Gasteiger partial charge in [0.1, 0.15) is 5.75 Å². The van der Waals surface area contributed by atoms with Crippen LogP contribution in [0.5, 0.6) is 5.75 Å². The third kappa shape index (κ3) is 4.34. The van der Waals surface area contributed by atoms with Crippen LogP contribution < -0.4 is 10.1 Å². The Bertz CT molecular complexity index is 1010. The van der Waals surface area contributed by atoms with Gasteiger partial charge in [-0.1, -0.05) is 12.1 Å². The van der Waals surface area contributed by atoms with E-state index >= 15 is 0 Å². The number of nitrogens with zero attached hydrogens (tertiary/aromatic N) is 2. The zero-order valence-corrected chi connectivity index (χ0v) is 17.9. The zero-order chi connectivity index (χ0) is 22.7. The number of fused-ring (bicyclic) bond motifs is 1. The largest absolute Gasteiger partial charge is 0.497 e. The van der Waals surface area contributed by atoms with Crippen LogP contribution in [0.15, 0.2) is 48.5 Å². The Morgan fingerprint density at radius 1 is 0.969 bits per heavy atom. The van der Waals surface area contributed by atoms with Gasteiger partial charge in [0.2, 0.25) is 5.91 Å². The summed E-state index contributed by atoms with van der Waals surface area (Å²) >= 11 is 0. The minimum Gasteiger partial charge on any atom is -0.497 e. The summed E-state index contributed by atoms with van der Waals surface area (Å²) in [6.45, 7) is 1.11. The molecule has 0 unspecified atom stereocenters. The first-order valence-corrected chi connectivity index (χ1v) is 10.7. The van der Waals surface area contributed by atoms with E-state index in [0.717, 1.165) is 4.90 Å². The van der Waals surface area contributed by atoms with Crippen molar-refractivity contribution in [2.24, 2.45) is 0 Å². The van der Waals surface area contributed by atoms with E-state index in [1.807, 2.05) is 0 Å². The number of rotatable bonds is 6. The maximum atomic E-state index is 12.6. The number of likely N-dealkylation sites (tertiary alicyclic amines) is 1. The molecule has 0 radical (unpaired) electrons. The fraction of sp³-hybridized carbons (Fsp3) is 0.333. The third-order valence-corrected chi connectivity index (χ3v) is 5.96. The lowest BCUT2D eigenvalue weighted by molar-refractivity contribution is -0.132. The Morgan fingerprint density at radius 2 is 1.56 bits per heavy atom. The van der Waals surface area contributed by atoms with E-state index in [9.17, 15) is 19.2 Å². The molecule has 8 heteroatoms. The third-order valence-electron chi connectivity index (χ3n) is 5.96. The van der Waals surface area contributed by atoms with Crippen molar-refractivity contribution in [3.8, 4) is 5.75 Å². The lowest BCUT2D eigenvalue weighted by atomic mass is 10.0. The van der Waals surface area contributed by atoms with Crippen molar-refractivity contribution < 1.29 is 23.9 Å². The van der Waals surface area contributed by atoms with E-state index < -0.39 is 0 Å². The molecule has 0 aromatic heterocycles. The first-order chi connectivity index (χ1) is 15.5. The molecule has 4 amide bonds. The molecule has 0 spiro atoms. The Balaban J connectivity index is 1.24. The van der Waals surface area contributed by atoms with Crippen molar-refractivity contribution >= 4 is 23.6 Å². The highest BCUT2D eigenvalue weighted by atomic mass is 16.5. The average molecular weight is 435 g/mol. The van der Waals surface area contributed by atoms with Crippen LogP contribution in [-0.4, -0.2) is 66.2 Å². The van der Waals surface area contributed by atoms with Crippen LogP contribution in [0.2, 0.25) is 0 Å². The van der Waals surface area contributed by atoms with Gasteiger partial charge in [-0.15, -0.1) is 0 Å². The summed E-state index contributed by atoms with van der Waals surface area (Å²) in [5.74, 6) is -0.254. The van der Waals surface area contributed by atoms with Crippen molar-refractivity contribution in [3.05, 3.63) is 65.2 Å². The van der Waals surface area contributed by atoms with Gasteiger partial charge in [-0.05, 0) is 49.2 Å². The van der Waals surface area contributed by atoms with Crippen molar-refractivity contribution in [1.29, 1.82) is 0 Å². The fourth-order valence-corrected chi connectivity index (χ4v) is 4.09. The summed E-state index contributed by atoms with van der Waals surface area (Å²) < 4.78 is 5.10. The van der Waals surface area contributed by atoms with Crippen molar-refractivity contribution in [3.63, 3.8) is 0 Å². The van der Waals surface area contributed by atoms with Gasteiger partial charge in [-0.2, -0.15) is 0 Å². The normalized spacial score (nSPS) is 16.2. The molecule has 0 bridgehead atoms. The molecule has 2 aliphatic rings. The Labute approximate surface area is 186 Å². The highest BCUT2D eigenvalue weighted by Crippen LogP contribution is 2.23. The fourth-order valence-electron chi connectivity index (χ4n) is 4.09. The molecule has 1 N–H and O–H groups in total. The van der Waals surface area contributed by atoms with Gasteiger partial charge in [0.25, 0.3) is 17.7 Å². The second-order valence-electron chi connectivity index (χ2n) is 7.91. The highest BCUT2D eigenvalue weighted by Gasteiger charge is 2.35. The number of nitrogens with one attached hydrogen (secondary N) is 1. The number of hydrogen-bond donors (Lipinski definition) is 1. The van der Waals surface area contributed by atoms with Gasteiger partial charge in [-0.25, -0.2) is 0 Å². The molecule has 1 saturated heterocycles. The van der Waals surface area contributed by atoms with Crippen molar-refractivity contribution in [1.82, 2.24) is 15.1 Å². The molecular formula is C24H25N3O5. The summed E-state index contributed by atoms with van der Waals surface area (Å²) in [6, 6.07) is 13.6. The van der Waals surface area contributed by atoms with Crippen LogP contribution >= 0.6 is 0 Å². The van der Waals surface area contributed by atoms with Crippen LogP contribution in [0, 0.1) is 0 Å². The van der Waals surface area contributed by atoms with Gasteiger partial charge in [0.05, 0.1) is 18.2 Å². The number of methoxy groups -OCH3 is 1. The van der Waals surface area contributed by atoms with E-state index in [2.05, 4.69) is 5.32 Å². The van der Waals surface area contributed by atoms with Crippen LogP contribution in [0.4, 0.5) is 0 Å². The molecule has 32 heavy (non-hydrogen) atoms. The molecule has 0 saturated carbocycles. The number of hydrogen-bond acceptors (Lipinski definition) is 5. The van der Waals surface area contributed by atoms with Gasteiger partial charge >= 0.3 is 0 Å².